The maximum Gasteiger partial charge on any atom is 0.348 e. The molecule has 0 atom stereocenters. The number of ether oxygens (including phenoxy) is 1. The second kappa shape index (κ2) is 3.91. The highest BCUT2D eigenvalue weighted by Gasteiger charge is 2.21. The monoisotopic (exact) mass is 165 g/mol. The predicted molar refractivity (Wildman–Crippen MR) is 43.1 cm³/mol. The van der Waals surface area contributed by atoms with Gasteiger partial charge in [-0.15, -0.1) is 0 Å². The van der Waals surface area contributed by atoms with E-state index in [0.717, 1.165) is 12.8 Å². The minimum Gasteiger partial charge on any atom is -0.462 e. The van der Waals surface area contributed by atoms with Crippen LogP contribution in [-0.4, -0.2) is 12.6 Å². The second-order valence-electron chi connectivity index (χ2n) is 2.75. The number of carbonyl (C=O) groups is 1. The normalized spacial score (nSPS) is 16.8. The van der Waals surface area contributed by atoms with E-state index in [1.807, 2.05) is 6.07 Å². The molecule has 1 fully saturated rings. The molecule has 0 N–H and O–H groups in total. The lowest BCUT2D eigenvalue weighted by Crippen LogP contribution is -2.06. The fourth-order valence-electron chi connectivity index (χ4n) is 0.858. The van der Waals surface area contributed by atoms with Crippen LogP contribution in [0.25, 0.3) is 0 Å². The van der Waals surface area contributed by atoms with E-state index in [2.05, 4.69) is 0 Å². The molecule has 0 spiro atoms. The third-order valence-corrected chi connectivity index (χ3v) is 1.64. The van der Waals surface area contributed by atoms with Crippen LogP contribution in [-0.2, 0) is 9.53 Å². The number of esters is 1. The highest BCUT2D eigenvalue weighted by molar-refractivity contribution is 5.92. The van der Waals surface area contributed by atoms with Gasteiger partial charge >= 0.3 is 5.97 Å². The average Bonchev–Trinajstić information content (AvgIpc) is 2.84. The van der Waals surface area contributed by atoms with Crippen molar-refractivity contribution in [1.29, 1.82) is 5.26 Å². The molecule has 0 saturated heterocycles. The molecule has 0 amide bonds. The first-order valence-electron chi connectivity index (χ1n) is 4.07. The summed E-state index contributed by atoms with van der Waals surface area (Å²) in [7, 11) is 0. The van der Waals surface area contributed by atoms with Crippen molar-refractivity contribution in [3.8, 4) is 6.07 Å². The summed E-state index contributed by atoms with van der Waals surface area (Å²) in [6.07, 6.45) is 3.88. The Bertz CT molecular complexity index is 246. The maximum atomic E-state index is 11.0. The molecule has 1 rings (SSSR count). The topological polar surface area (TPSA) is 50.1 Å². The molecule has 1 aliphatic rings. The molecule has 1 saturated carbocycles. The van der Waals surface area contributed by atoms with Crippen LogP contribution in [0.2, 0.25) is 0 Å². The zero-order valence-electron chi connectivity index (χ0n) is 7.04. The number of nitrogens with zero attached hydrogens (tertiary/aromatic N) is 1. The van der Waals surface area contributed by atoms with E-state index >= 15 is 0 Å². The van der Waals surface area contributed by atoms with Crippen LogP contribution in [0.3, 0.4) is 0 Å². The van der Waals surface area contributed by atoms with Gasteiger partial charge in [0.15, 0.2) is 0 Å². The zero-order chi connectivity index (χ0) is 8.97. The average molecular weight is 165 g/mol. The maximum absolute atomic E-state index is 11.0. The minimum atomic E-state index is -0.494. The molecule has 1 aliphatic carbocycles. The first-order valence-corrected chi connectivity index (χ1v) is 4.07. The highest BCUT2D eigenvalue weighted by atomic mass is 16.5. The van der Waals surface area contributed by atoms with Crippen molar-refractivity contribution in [1.82, 2.24) is 0 Å². The highest BCUT2D eigenvalue weighted by Crippen LogP contribution is 2.31. The van der Waals surface area contributed by atoms with Crippen molar-refractivity contribution in [3.63, 3.8) is 0 Å². The summed E-state index contributed by atoms with van der Waals surface area (Å²) in [4.78, 5) is 11.0. The Morgan fingerprint density at radius 2 is 2.42 bits per heavy atom. The predicted octanol–water partition coefficient (Wildman–Crippen LogP) is 1.41. The van der Waals surface area contributed by atoms with Gasteiger partial charge < -0.3 is 4.74 Å². The molecule has 0 radical (unpaired) electrons. The van der Waals surface area contributed by atoms with Crippen LogP contribution >= 0.6 is 0 Å². The van der Waals surface area contributed by atoms with E-state index in [1.165, 1.54) is 0 Å². The Kier molecular flexibility index (Phi) is 2.87. The summed E-state index contributed by atoms with van der Waals surface area (Å²) in [5.74, 6) is -0.0593. The van der Waals surface area contributed by atoms with Crippen molar-refractivity contribution in [2.75, 3.05) is 6.61 Å². The molecule has 64 valence electrons. The van der Waals surface area contributed by atoms with Gasteiger partial charge in [0, 0.05) is 0 Å². The third kappa shape index (κ3) is 2.39. The minimum absolute atomic E-state index is 0.152. The van der Waals surface area contributed by atoms with E-state index < -0.39 is 5.97 Å². The Hall–Kier alpha value is -1.30. The standard InChI is InChI=1S/C9H11NO2/c1-2-12-9(11)8(6-10)5-7-3-4-7/h5,7H,2-4H2,1H3/b8-5-. The van der Waals surface area contributed by atoms with Gasteiger partial charge in [-0.1, -0.05) is 6.08 Å². The number of hydrogen-bond acceptors (Lipinski definition) is 3. The molecule has 12 heavy (non-hydrogen) atoms. The van der Waals surface area contributed by atoms with Crippen LogP contribution in [0.4, 0.5) is 0 Å². The zero-order valence-corrected chi connectivity index (χ0v) is 7.04. The largest absolute Gasteiger partial charge is 0.462 e. The van der Waals surface area contributed by atoms with Crippen molar-refractivity contribution in [2.24, 2.45) is 5.92 Å². The van der Waals surface area contributed by atoms with Crippen molar-refractivity contribution < 1.29 is 9.53 Å². The van der Waals surface area contributed by atoms with Crippen molar-refractivity contribution in [3.05, 3.63) is 11.6 Å². The lowest BCUT2D eigenvalue weighted by atomic mass is 10.2. The summed E-state index contributed by atoms with van der Waals surface area (Å²) in [6, 6.07) is 1.84. The van der Waals surface area contributed by atoms with Crippen LogP contribution < -0.4 is 0 Å². The third-order valence-electron chi connectivity index (χ3n) is 1.64. The fraction of sp³-hybridized carbons (Fsp3) is 0.556. The van der Waals surface area contributed by atoms with E-state index in [-0.39, 0.29) is 5.57 Å². The molecule has 3 heteroatoms. The lowest BCUT2D eigenvalue weighted by Gasteiger charge is -1.97. The van der Waals surface area contributed by atoms with Crippen LogP contribution in [0.1, 0.15) is 19.8 Å². The molecular weight excluding hydrogens is 154 g/mol. The smallest absolute Gasteiger partial charge is 0.348 e. The Balaban J connectivity index is 2.55. The number of hydrogen-bond donors (Lipinski definition) is 0. The SMILES string of the molecule is CCOC(=O)/C(C#N)=C\C1CC1. The van der Waals surface area contributed by atoms with Gasteiger partial charge in [0.1, 0.15) is 11.6 Å². The molecule has 0 bridgehead atoms. The number of nitriles is 1. The van der Waals surface area contributed by atoms with E-state index in [1.54, 1.807) is 13.0 Å². The Morgan fingerprint density at radius 1 is 1.75 bits per heavy atom. The summed E-state index contributed by atoms with van der Waals surface area (Å²) < 4.78 is 4.69. The van der Waals surface area contributed by atoms with Gasteiger partial charge in [0.05, 0.1) is 6.61 Å². The Labute approximate surface area is 71.6 Å². The van der Waals surface area contributed by atoms with Crippen molar-refractivity contribution >= 4 is 5.97 Å². The van der Waals surface area contributed by atoms with Crippen LogP contribution in [0.15, 0.2) is 11.6 Å². The molecular formula is C9H11NO2. The summed E-state index contributed by atoms with van der Waals surface area (Å²) >= 11 is 0. The molecule has 0 heterocycles. The van der Waals surface area contributed by atoms with Gasteiger partial charge in [-0.2, -0.15) is 5.26 Å². The van der Waals surface area contributed by atoms with Crippen LogP contribution in [0.5, 0.6) is 0 Å². The first-order chi connectivity index (χ1) is 5.77. The van der Waals surface area contributed by atoms with Crippen molar-refractivity contribution in [2.45, 2.75) is 19.8 Å². The number of carbonyl (C=O) groups excluding carboxylic acids is 1. The fourth-order valence-corrected chi connectivity index (χ4v) is 0.858. The van der Waals surface area contributed by atoms with E-state index in [4.69, 9.17) is 10.00 Å². The van der Waals surface area contributed by atoms with Gasteiger partial charge in [-0.3, -0.25) is 0 Å². The molecule has 0 aliphatic heterocycles. The summed E-state index contributed by atoms with van der Waals surface area (Å²) in [6.45, 7) is 2.05. The quantitative estimate of drug-likeness (QED) is 0.361. The van der Waals surface area contributed by atoms with E-state index in [0.29, 0.717) is 12.5 Å². The number of allylic oxidation sites excluding steroid dienone is 1. The molecule has 0 aromatic rings. The first kappa shape index (κ1) is 8.79. The molecule has 0 aromatic heterocycles. The van der Waals surface area contributed by atoms with E-state index in [9.17, 15) is 4.79 Å². The molecule has 3 nitrogen and oxygen atoms in total. The summed E-state index contributed by atoms with van der Waals surface area (Å²) in [5, 5.41) is 8.58. The number of rotatable bonds is 3. The van der Waals surface area contributed by atoms with Gasteiger partial charge in [0.25, 0.3) is 0 Å². The lowest BCUT2D eigenvalue weighted by molar-refractivity contribution is -0.138. The summed E-state index contributed by atoms with van der Waals surface area (Å²) in [5.41, 5.74) is 0.152. The Morgan fingerprint density at radius 3 is 2.83 bits per heavy atom. The van der Waals surface area contributed by atoms with Gasteiger partial charge in [-0.25, -0.2) is 4.79 Å². The van der Waals surface area contributed by atoms with Gasteiger partial charge in [0.2, 0.25) is 0 Å². The van der Waals surface area contributed by atoms with Gasteiger partial charge in [-0.05, 0) is 25.7 Å². The molecule has 0 unspecified atom stereocenters. The second-order valence-corrected chi connectivity index (χ2v) is 2.75. The van der Waals surface area contributed by atoms with Crippen LogP contribution in [0, 0.1) is 17.2 Å². The molecule has 0 aromatic carbocycles.